The van der Waals surface area contributed by atoms with E-state index in [1.807, 2.05) is 36.4 Å². The van der Waals surface area contributed by atoms with Gasteiger partial charge in [0.25, 0.3) is 11.8 Å². The van der Waals surface area contributed by atoms with Crippen molar-refractivity contribution in [3.63, 3.8) is 0 Å². The second-order valence-electron chi connectivity index (χ2n) is 6.28. The van der Waals surface area contributed by atoms with Crippen LogP contribution in [0.5, 0.6) is 0 Å². The fraction of sp³-hybridized carbons (Fsp3) is 0.368. The number of hydrogen-bond donors (Lipinski definition) is 0. The van der Waals surface area contributed by atoms with Crippen molar-refractivity contribution in [1.82, 2.24) is 9.80 Å². The van der Waals surface area contributed by atoms with Crippen molar-refractivity contribution in [2.24, 2.45) is 0 Å². The summed E-state index contributed by atoms with van der Waals surface area (Å²) in [6.45, 7) is 4.70. The van der Waals surface area contributed by atoms with Gasteiger partial charge >= 0.3 is 0 Å². The third-order valence-corrected chi connectivity index (χ3v) is 4.82. The second kappa shape index (κ2) is 6.34. The Hall–Kier alpha value is -2.24. The Morgan fingerprint density at radius 3 is 2.12 bits per heavy atom. The fourth-order valence-corrected chi connectivity index (χ4v) is 3.56. The number of morpholine rings is 1. The molecule has 5 nitrogen and oxygen atoms in total. The number of nitrogens with zero attached hydrogens (tertiary/aromatic N) is 2. The summed E-state index contributed by atoms with van der Waals surface area (Å²) in [5.41, 5.74) is 1.27. The van der Waals surface area contributed by atoms with Gasteiger partial charge in [0.2, 0.25) is 0 Å². The molecule has 0 saturated carbocycles. The predicted molar refractivity (Wildman–Crippen MR) is 91.2 cm³/mol. The maximum absolute atomic E-state index is 12.8. The molecule has 0 bridgehead atoms. The van der Waals surface area contributed by atoms with Crippen LogP contribution in [-0.2, 0) is 4.74 Å². The van der Waals surface area contributed by atoms with Crippen LogP contribution in [0.3, 0.4) is 0 Å². The Labute approximate surface area is 140 Å². The molecule has 2 aromatic carbocycles. The van der Waals surface area contributed by atoms with Crippen LogP contribution in [0.15, 0.2) is 36.4 Å². The molecular weight excluding hydrogens is 304 g/mol. The van der Waals surface area contributed by atoms with Gasteiger partial charge in [-0.3, -0.25) is 19.4 Å². The van der Waals surface area contributed by atoms with Gasteiger partial charge in [0.05, 0.1) is 13.2 Å². The Morgan fingerprint density at radius 2 is 1.50 bits per heavy atom. The molecule has 0 unspecified atom stereocenters. The zero-order chi connectivity index (χ0) is 16.5. The van der Waals surface area contributed by atoms with E-state index in [2.05, 4.69) is 4.90 Å². The SMILES string of the molecule is O=C1c2cccc3cccc(c23)C(=O)N1CCCN1CCOCC1. The Balaban J connectivity index is 1.53. The van der Waals surface area contributed by atoms with Gasteiger partial charge in [0.1, 0.15) is 0 Å². The first-order valence-corrected chi connectivity index (χ1v) is 8.44. The normalized spacial score (nSPS) is 18.4. The van der Waals surface area contributed by atoms with Crippen LogP contribution in [-0.4, -0.2) is 61.0 Å². The van der Waals surface area contributed by atoms with Crippen molar-refractivity contribution in [1.29, 1.82) is 0 Å². The van der Waals surface area contributed by atoms with Crippen molar-refractivity contribution in [3.05, 3.63) is 47.5 Å². The summed E-state index contributed by atoms with van der Waals surface area (Å²) in [7, 11) is 0. The molecule has 0 N–H and O–H groups in total. The third-order valence-electron chi connectivity index (χ3n) is 4.82. The number of imide groups is 1. The van der Waals surface area contributed by atoms with Crippen LogP contribution in [0.2, 0.25) is 0 Å². The van der Waals surface area contributed by atoms with Gasteiger partial charge in [0.15, 0.2) is 0 Å². The van der Waals surface area contributed by atoms with Crippen LogP contribution >= 0.6 is 0 Å². The first-order valence-electron chi connectivity index (χ1n) is 8.44. The molecule has 2 amide bonds. The van der Waals surface area contributed by atoms with E-state index < -0.39 is 0 Å². The molecule has 0 spiro atoms. The van der Waals surface area contributed by atoms with Crippen molar-refractivity contribution in [2.75, 3.05) is 39.4 Å². The number of ether oxygens (including phenoxy) is 1. The summed E-state index contributed by atoms with van der Waals surface area (Å²) in [4.78, 5) is 29.3. The summed E-state index contributed by atoms with van der Waals surface area (Å²) in [5.74, 6) is -0.349. The molecule has 2 aliphatic rings. The van der Waals surface area contributed by atoms with Gasteiger partial charge in [-0.25, -0.2) is 0 Å². The predicted octanol–water partition coefficient (Wildman–Crippen LogP) is 2.16. The molecular formula is C19H20N2O3. The number of carbonyl (C=O) groups excluding carboxylic acids is 2. The number of amides is 2. The van der Waals surface area contributed by atoms with Gasteiger partial charge in [0, 0.05) is 42.7 Å². The minimum absolute atomic E-state index is 0.175. The van der Waals surface area contributed by atoms with Gasteiger partial charge < -0.3 is 4.74 Å². The molecule has 2 aromatic rings. The molecule has 0 radical (unpaired) electrons. The Bertz CT molecular complexity index is 746. The highest BCUT2D eigenvalue weighted by atomic mass is 16.5. The lowest BCUT2D eigenvalue weighted by molar-refractivity contribution is 0.0352. The average molecular weight is 324 g/mol. The molecule has 2 aliphatic heterocycles. The quantitative estimate of drug-likeness (QED) is 0.809. The Kier molecular flexibility index (Phi) is 4.04. The van der Waals surface area contributed by atoms with E-state index in [9.17, 15) is 9.59 Å². The minimum atomic E-state index is -0.175. The van der Waals surface area contributed by atoms with Crippen LogP contribution in [0.4, 0.5) is 0 Å². The van der Waals surface area contributed by atoms with Gasteiger partial charge in [-0.1, -0.05) is 24.3 Å². The Morgan fingerprint density at radius 1 is 0.875 bits per heavy atom. The second-order valence-corrected chi connectivity index (χ2v) is 6.28. The van der Waals surface area contributed by atoms with E-state index in [4.69, 9.17) is 4.74 Å². The van der Waals surface area contributed by atoms with Crippen molar-refractivity contribution in [2.45, 2.75) is 6.42 Å². The van der Waals surface area contributed by atoms with E-state index in [1.54, 1.807) is 0 Å². The van der Waals surface area contributed by atoms with E-state index >= 15 is 0 Å². The topological polar surface area (TPSA) is 49.9 Å². The fourth-order valence-electron chi connectivity index (χ4n) is 3.56. The third kappa shape index (κ3) is 2.60. The number of carbonyl (C=O) groups is 2. The highest BCUT2D eigenvalue weighted by Crippen LogP contribution is 2.29. The number of benzene rings is 2. The number of rotatable bonds is 4. The molecule has 0 aromatic heterocycles. The summed E-state index contributed by atoms with van der Waals surface area (Å²) < 4.78 is 5.34. The molecule has 5 heteroatoms. The van der Waals surface area contributed by atoms with Crippen LogP contribution in [0.1, 0.15) is 27.1 Å². The van der Waals surface area contributed by atoms with Gasteiger partial charge in [-0.15, -0.1) is 0 Å². The molecule has 1 saturated heterocycles. The first kappa shape index (κ1) is 15.3. The maximum atomic E-state index is 12.8. The van der Waals surface area contributed by atoms with Crippen molar-refractivity contribution in [3.8, 4) is 0 Å². The van der Waals surface area contributed by atoms with Crippen LogP contribution in [0.25, 0.3) is 10.8 Å². The standard InChI is InChI=1S/C19H20N2O3/c22-18-15-6-1-4-14-5-2-7-16(17(14)15)19(23)21(18)9-3-8-20-10-12-24-13-11-20/h1-2,4-7H,3,8-13H2. The number of hydrogen-bond acceptors (Lipinski definition) is 4. The molecule has 1 fully saturated rings. The smallest absolute Gasteiger partial charge is 0.261 e. The van der Waals surface area contributed by atoms with E-state index in [1.165, 1.54) is 4.90 Å². The molecule has 2 heterocycles. The summed E-state index contributed by atoms with van der Waals surface area (Å²) in [6.07, 6.45) is 0.787. The lowest BCUT2D eigenvalue weighted by atomic mass is 9.94. The van der Waals surface area contributed by atoms with Gasteiger partial charge in [-0.2, -0.15) is 0 Å². The van der Waals surface area contributed by atoms with Crippen molar-refractivity contribution < 1.29 is 14.3 Å². The summed E-state index contributed by atoms with van der Waals surface area (Å²) in [5, 5.41) is 1.74. The monoisotopic (exact) mass is 324 g/mol. The first-order chi connectivity index (χ1) is 11.8. The van der Waals surface area contributed by atoms with Crippen molar-refractivity contribution >= 4 is 22.6 Å². The van der Waals surface area contributed by atoms with Crippen LogP contribution < -0.4 is 0 Å². The zero-order valence-corrected chi connectivity index (χ0v) is 13.5. The lowest BCUT2D eigenvalue weighted by Gasteiger charge is -2.29. The molecule has 24 heavy (non-hydrogen) atoms. The summed E-state index contributed by atoms with van der Waals surface area (Å²) in [6, 6.07) is 11.3. The summed E-state index contributed by atoms with van der Waals surface area (Å²) >= 11 is 0. The molecule has 124 valence electrons. The highest BCUT2D eigenvalue weighted by Gasteiger charge is 2.32. The van der Waals surface area contributed by atoms with Crippen LogP contribution in [0, 0.1) is 0 Å². The minimum Gasteiger partial charge on any atom is -0.379 e. The highest BCUT2D eigenvalue weighted by molar-refractivity contribution is 6.25. The van der Waals surface area contributed by atoms with E-state index in [-0.39, 0.29) is 11.8 Å². The largest absolute Gasteiger partial charge is 0.379 e. The van der Waals surface area contributed by atoms with E-state index in [0.29, 0.717) is 17.7 Å². The molecule has 0 atom stereocenters. The molecule has 0 aliphatic carbocycles. The maximum Gasteiger partial charge on any atom is 0.261 e. The lowest BCUT2D eigenvalue weighted by Crippen LogP contribution is -2.43. The zero-order valence-electron chi connectivity index (χ0n) is 13.5. The molecule has 4 rings (SSSR count). The van der Waals surface area contributed by atoms with E-state index in [0.717, 1.165) is 50.0 Å². The van der Waals surface area contributed by atoms with Gasteiger partial charge in [-0.05, 0) is 23.9 Å². The average Bonchev–Trinajstić information content (AvgIpc) is 2.63.